The third-order valence-corrected chi connectivity index (χ3v) is 3.42. The number of halogens is 3. The second-order valence-corrected chi connectivity index (χ2v) is 5.00. The van der Waals surface area contributed by atoms with Gasteiger partial charge < -0.3 is 10.6 Å². The molecule has 0 spiro atoms. The average molecular weight is 338 g/mol. The molecule has 1 heterocycles. The van der Waals surface area contributed by atoms with Crippen molar-refractivity contribution in [1.82, 2.24) is 10.6 Å². The molecule has 2 rings (SSSR count). The van der Waals surface area contributed by atoms with E-state index >= 15 is 0 Å². The molecule has 1 aromatic rings. The second kappa shape index (κ2) is 7.07. The first-order valence-corrected chi connectivity index (χ1v) is 6.43. The van der Waals surface area contributed by atoms with Gasteiger partial charge in [-0.15, -0.1) is 12.4 Å². The molecule has 1 aliphatic heterocycles. The fourth-order valence-electron chi connectivity index (χ4n) is 1.88. The van der Waals surface area contributed by atoms with Gasteiger partial charge in [-0.1, -0.05) is 0 Å². The van der Waals surface area contributed by atoms with Crippen molar-refractivity contribution in [3.8, 4) is 0 Å². The van der Waals surface area contributed by atoms with E-state index in [4.69, 9.17) is 0 Å². The minimum absolute atomic E-state index is 0. The first kappa shape index (κ1) is 15.4. The highest BCUT2D eigenvalue weighted by atomic mass is 79.9. The van der Waals surface area contributed by atoms with Gasteiger partial charge in [0, 0.05) is 18.2 Å². The summed E-state index contributed by atoms with van der Waals surface area (Å²) in [6.07, 6.45) is 2.05. The van der Waals surface area contributed by atoms with E-state index in [0.717, 1.165) is 25.9 Å². The molecule has 6 heteroatoms. The van der Waals surface area contributed by atoms with Gasteiger partial charge >= 0.3 is 0 Å². The van der Waals surface area contributed by atoms with E-state index in [1.54, 1.807) is 0 Å². The summed E-state index contributed by atoms with van der Waals surface area (Å²) in [5, 5.41) is 6.17. The van der Waals surface area contributed by atoms with Crippen molar-refractivity contribution >= 4 is 34.2 Å². The molecule has 0 unspecified atom stereocenters. The number of hydrogen-bond acceptors (Lipinski definition) is 2. The Morgan fingerprint density at radius 1 is 1.50 bits per heavy atom. The molecule has 0 saturated carbocycles. The Hall–Kier alpha value is -0.650. The number of carbonyl (C=O) groups excluding carboxylic acids is 1. The fourth-order valence-corrected chi connectivity index (χ4v) is 2.26. The summed E-state index contributed by atoms with van der Waals surface area (Å²) in [5.74, 6) is -0.514. The molecule has 0 aliphatic carbocycles. The van der Waals surface area contributed by atoms with Crippen LogP contribution in [0.5, 0.6) is 0 Å². The van der Waals surface area contributed by atoms with E-state index in [9.17, 15) is 9.18 Å². The Morgan fingerprint density at radius 3 is 2.89 bits per heavy atom. The molecule has 0 bridgehead atoms. The minimum Gasteiger partial charge on any atom is -0.348 e. The first-order valence-electron chi connectivity index (χ1n) is 5.63. The summed E-state index contributed by atoms with van der Waals surface area (Å²) in [5.41, 5.74) is 0.476. The molecule has 0 aromatic heterocycles. The summed E-state index contributed by atoms with van der Waals surface area (Å²) in [7, 11) is 0. The number of carbonyl (C=O) groups is 1. The minimum atomic E-state index is -0.360. The molecular weight excluding hydrogens is 322 g/mol. The van der Waals surface area contributed by atoms with Crippen LogP contribution in [0, 0.1) is 5.82 Å². The quantitative estimate of drug-likeness (QED) is 0.870. The zero-order chi connectivity index (χ0) is 12.3. The van der Waals surface area contributed by atoms with Crippen LogP contribution < -0.4 is 10.6 Å². The highest BCUT2D eigenvalue weighted by Crippen LogP contribution is 2.17. The van der Waals surface area contributed by atoms with Crippen LogP contribution in [0.15, 0.2) is 22.7 Å². The summed E-state index contributed by atoms with van der Waals surface area (Å²) >= 11 is 3.07. The number of nitrogens with one attached hydrogen (secondary N) is 2. The van der Waals surface area contributed by atoms with Crippen molar-refractivity contribution in [3.05, 3.63) is 34.1 Å². The molecule has 1 amide bonds. The largest absolute Gasteiger partial charge is 0.348 e. The maximum absolute atomic E-state index is 13.0. The normalized spacial score (nSPS) is 18.9. The van der Waals surface area contributed by atoms with E-state index in [1.165, 1.54) is 18.2 Å². The Balaban J connectivity index is 0.00000162. The average Bonchev–Trinajstić information content (AvgIpc) is 2.34. The van der Waals surface area contributed by atoms with Crippen LogP contribution in [0.2, 0.25) is 0 Å². The van der Waals surface area contributed by atoms with Gasteiger partial charge in [-0.3, -0.25) is 4.79 Å². The van der Waals surface area contributed by atoms with Crippen LogP contribution in [0.4, 0.5) is 4.39 Å². The van der Waals surface area contributed by atoms with E-state index in [1.807, 2.05) is 0 Å². The maximum Gasteiger partial charge on any atom is 0.251 e. The van der Waals surface area contributed by atoms with Crippen LogP contribution in [-0.2, 0) is 0 Å². The SMILES string of the molecule is Cl.O=C(N[C@H]1CCCNC1)c1ccc(F)c(Br)c1. The van der Waals surface area contributed by atoms with Crippen molar-refractivity contribution < 1.29 is 9.18 Å². The molecule has 0 radical (unpaired) electrons. The molecule has 1 saturated heterocycles. The Morgan fingerprint density at radius 2 is 2.28 bits per heavy atom. The zero-order valence-electron chi connectivity index (χ0n) is 9.71. The Kier molecular flexibility index (Phi) is 6.05. The second-order valence-electron chi connectivity index (χ2n) is 4.15. The van der Waals surface area contributed by atoms with Gasteiger partial charge in [-0.25, -0.2) is 4.39 Å². The molecule has 2 N–H and O–H groups in total. The fraction of sp³-hybridized carbons (Fsp3) is 0.417. The van der Waals surface area contributed by atoms with E-state index in [-0.39, 0.29) is 30.2 Å². The number of rotatable bonds is 2. The Bertz CT molecular complexity index is 425. The van der Waals surface area contributed by atoms with Crippen molar-refractivity contribution in [2.24, 2.45) is 0 Å². The van der Waals surface area contributed by atoms with E-state index < -0.39 is 0 Å². The standard InChI is InChI=1S/C12H14BrFN2O.ClH/c13-10-6-8(3-4-11(10)14)12(17)16-9-2-1-5-15-7-9;/h3-4,6,9,15H,1-2,5,7H2,(H,16,17);1H/t9-;/m0./s1. The van der Waals surface area contributed by atoms with Crippen LogP contribution in [0.3, 0.4) is 0 Å². The van der Waals surface area contributed by atoms with Crippen molar-refractivity contribution in [1.29, 1.82) is 0 Å². The van der Waals surface area contributed by atoms with Gasteiger partial charge in [-0.2, -0.15) is 0 Å². The van der Waals surface area contributed by atoms with Gasteiger partial charge in [0.15, 0.2) is 0 Å². The lowest BCUT2D eigenvalue weighted by Gasteiger charge is -2.23. The molecule has 1 aliphatic rings. The zero-order valence-corrected chi connectivity index (χ0v) is 12.1. The van der Waals surface area contributed by atoms with Crippen molar-refractivity contribution in [2.75, 3.05) is 13.1 Å². The molecular formula is C12H15BrClFN2O. The van der Waals surface area contributed by atoms with Crippen LogP contribution in [-0.4, -0.2) is 25.0 Å². The maximum atomic E-state index is 13.0. The Labute approximate surface area is 120 Å². The topological polar surface area (TPSA) is 41.1 Å². The first-order chi connectivity index (χ1) is 8.16. The summed E-state index contributed by atoms with van der Waals surface area (Å²) in [4.78, 5) is 11.9. The molecule has 1 aromatic carbocycles. The van der Waals surface area contributed by atoms with Crippen LogP contribution >= 0.6 is 28.3 Å². The van der Waals surface area contributed by atoms with Crippen LogP contribution in [0.1, 0.15) is 23.2 Å². The molecule has 100 valence electrons. The number of benzene rings is 1. The monoisotopic (exact) mass is 336 g/mol. The van der Waals surface area contributed by atoms with E-state index in [0.29, 0.717) is 10.0 Å². The van der Waals surface area contributed by atoms with Gasteiger partial charge in [0.2, 0.25) is 0 Å². The highest BCUT2D eigenvalue weighted by Gasteiger charge is 2.16. The number of hydrogen-bond donors (Lipinski definition) is 2. The predicted octanol–water partition coefficient (Wildman–Crippen LogP) is 2.49. The van der Waals surface area contributed by atoms with Gasteiger partial charge in [0.1, 0.15) is 5.82 Å². The number of piperidine rings is 1. The summed E-state index contributed by atoms with van der Waals surface area (Å²) in [6, 6.07) is 4.45. The van der Waals surface area contributed by atoms with Crippen molar-refractivity contribution in [3.63, 3.8) is 0 Å². The smallest absolute Gasteiger partial charge is 0.251 e. The molecule has 18 heavy (non-hydrogen) atoms. The third kappa shape index (κ3) is 3.93. The van der Waals surface area contributed by atoms with Crippen molar-refractivity contribution in [2.45, 2.75) is 18.9 Å². The lowest BCUT2D eigenvalue weighted by molar-refractivity contribution is 0.0930. The van der Waals surface area contributed by atoms with E-state index in [2.05, 4.69) is 26.6 Å². The lowest BCUT2D eigenvalue weighted by atomic mass is 10.1. The predicted molar refractivity (Wildman–Crippen MR) is 74.7 cm³/mol. The van der Waals surface area contributed by atoms with Gasteiger partial charge in [0.05, 0.1) is 4.47 Å². The van der Waals surface area contributed by atoms with Crippen LogP contribution in [0.25, 0.3) is 0 Å². The van der Waals surface area contributed by atoms with Gasteiger partial charge in [0.25, 0.3) is 5.91 Å². The van der Waals surface area contributed by atoms with Gasteiger partial charge in [-0.05, 0) is 53.5 Å². The molecule has 1 fully saturated rings. The number of amides is 1. The summed E-state index contributed by atoms with van der Waals surface area (Å²) < 4.78 is 13.3. The molecule has 1 atom stereocenters. The highest BCUT2D eigenvalue weighted by molar-refractivity contribution is 9.10. The lowest BCUT2D eigenvalue weighted by Crippen LogP contribution is -2.45. The third-order valence-electron chi connectivity index (χ3n) is 2.81. The molecule has 3 nitrogen and oxygen atoms in total. The summed E-state index contributed by atoms with van der Waals surface area (Å²) in [6.45, 7) is 1.81.